The fourth-order valence-electron chi connectivity index (χ4n) is 0.969. The van der Waals surface area contributed by atoms with Gasteiger partial charge in [-0.25, -0.2) is 4.79 Å². The minimum absolute atomic E-state index is 0.205. The average molecular weight is 229 g/mol. The maximum atomic E-state index is 11.3. The summed E-state index contributed by atoms with van der Waals surface area (Å²) in [6.07, 6.45) is -0.568. The van der Waals surface area contributed by atoms with Crippen molar-refractivity contribution in [1.82, 2.24) is 5.32 Å². The van der Waals surface area contributed by atoms with Crippen LogP contribution in [0.15, 0.2) is 24.3 Å². The van der Waals surface area contributed by atoms with Crippen molar-refractivity contribution in [2.24, 2.45) is 0 Å². The van der Waals surface area contributed by atoms with Crippen LogP contribution in [0.4, 0.5) is 10.5 Å². The smallest absolute Gasteiger partial charge is 0.319 e. The number of hydrogen-bond donors (Lipinski definition) is 3. The predicted molar refractivity (Wildman–Crippen MR) is 60.2 cm³/mol. The van der Waals surface area contributed by atoms with Crippen LogP contribution in [0.1, 0.15) is 6.92 Å². The third kappa shape index (κ3) is 4.18. The highest BCUT2D eigenvalue weighted by atomic mass is 35.5. The first-order valence-corrected chi connectivity index (χ1v) is 4.95. The minimum Gasteiger partial charge on any atom is -0.392 e. The Bertz CT molecular complexity index is 342. The van der Waals surface area contributed by atoms with Crippen LogP contribution in [0.3, 0.4) is 0 Å². The molecule has 0 unspecified atom stereocenters. The fourth-order valence-corrected chi connectivity index (χ4v) is 1.15. The lowest BCUT2D eigenvalue weighted by atomic mass is 10.3. The van der Waals surface area contributed by atoms with Gasteiger partial charge in [-0.15, -0.1) is 0 Å². The summed E-state index contributed by atoms with van der Waals surface area (Å²) in [6.45, 7) is 1.80. The Kier molecular flexibility index (Phi) is 4.39. The maximum Gasteiger partial charge on any atom is 0.319 e. The number of carbonyl (C=O) groups excluding carboxylic acids is 1. The van der Waals surface area contributed by atoms with Gasteiger partial charge in [0.1, 0.15) is 0 Å². The first-order chi connectivity index (χ1) is 7.09. The van der Waals surface area contributed by atoms with E-state index in [9.17, 15) is 4.79 Å². The van der Waals surface area contributed by atoms with Gasteiger partial charge < -0.3 is 15.7 Å². The lowest BCUT2D eigenvalue weighted by Crippen LogP contribution is -2.34. The molecular formula is C10H13ClN2O2. The molecule has 1 atom stereocenters. The van der Waals surface area contributed by atoms with Crippen molar-refractivity contribution < 1.29 is 9.90 Å². The summed E-state index contributed by atoms with van der Waals surface area (Å²) in [5.41, 5.74) is 0.544. The molecule has 2 amide bonds. The lowest BCUT2D eigenvalue weighted by Gasteiger charge is -2.09. The van der Waals surface area contributed by atoms with Gasteiger partial charge in [-0.2, -0.15) is 0 Å². The standard InChI is InChI=1S/C10H13ClN2O2/c1-7(14)6-12-10(15)13-9-5-3-2-4-8(9)11/h2-5,7,14H,6H2,1H3,(H2,12,13,15)/t7-/m0/s1. The Hall–Kier alpha value is -1.26. The van der Waals surface area contributed by atoms with Gasteiger partial charge in [0.2, 0.25) is 0 Å². The van der Waals surface area contributed by atoms with Crippen molar-refractivity contribution in [2.45, 2.75) is 13.0 Å². The van der Waals surface area contributed by atoms with Crippen molar-refractivity contribution in [1.29, 1.82) is 0 Å². The molecule has 5 heteroatoms. The third-order valence-electron chi connectivity index (χ3n) is 1.68. The van der Waals surface area contributed by atoms with Crippen molar-refractivity contribution in [3.05, 3.63) is 29.3 Å². The van der Waals surface area contributed by atoms with Gasteiger partial charge in [-0.3, -0.25) is 0 Å². The number of anilines is 1. The molecule has 0 aliphatic rings. The maximum absolute atomic E-state index is 11.3. The van der Waals surface area contributed by atoms with E-state index in [2.05, 4.69) is 10.6 Å². The van der Waals surface area contributed by atoms with Crippen LogP contribution in [0.5, 0.6) is 0 Å². The van der Waals surface area contributed by atoms with E-state index in [1.165, 1.54) is 0 Å². The number of hydrogen-bond acceptors (Lipinski definition) is 2. The van der Waals surface area contributed by atoms with Crippen LogP contribution in [0, 0.1) is 0 Å². The average Bonchev–Trinajstić information content (AvgIpc) is 2.18. The number of nitrogens with one attached hydrogen (secondary N) is 2. The molecule has 1 aromatic rings. The minimum atomic E-state index is -0.568. The van der Waals surface area contributed by atoms with Crippen molar-refractivity contribution in [3.8, 4) is 0 Å². The second kappa shape index (κ2) is 5.58. The van der Waals surface area contributed by atoms with E-state index < -0.39 is 6.10 Å². The Balaban J connectivity index is 2.48. The molecule has 0 aliphatic heterocycles. The zero-order chi connectivity index (χ0) is 11.3. The molecule has 1 rings (SSSR count). The normalized spacial score (nSPS) is 11.9. The zero-order valence-electron chi connectivity index (χ0n) is 8.33. The van der Waals surface area contributed by atoms with Gasteiger partial charge in [-0.05, 0) is 19.1 Å². The van der Waals surface area contributed by atoms with E-state index in [1.54, 1.807) is 31.2 Å². The molecule has 0 saturated carbocycles. The van der Waals surface area contributed by atoms with Crippen molar-refractivity contribution >= 4 is 23.3 Å². The molecule has 82 valence electrons. The van der Waals surface area contributed by atoms with Gasteiger partial charge >= 0.3 is 6.03 Å². The molecule has 0 heterocycles. The molecule has 4 nitrogen and oxygen atoms in total. The molecule has 0 bridgehead atoms. The van der Waals surface area contributed by atoms with Crippen molar-refractivity contribution in [2.75, 3.05) is 11.9 Å². The second-order valence-corrected chi connectivity index (χ2v) is 3.57. The number of aliphatic hydroxyl groups is 1. The third-order valence-corrected chi connectivity index (χ3v) is 2.01. The summed E-state index contributed by atoms with van der Waals surface area (Å²) in [5, 5.41) is 14.5. The summed E-state index contributed by atoms with van der Waals surface area (Å²) in [6, 6.07) is 6.55. The van der Waals surface area contributed by atoms with E-state index in [0.29, 0.717) is 10.7 Å². The highest BCUT2D eigenvalue weighted by Gasteiger charge is 2.04. The first kappa shape index (κ1) is 11.8. The number of para-hydroxylation sites is 1. The van der Waals surface area contributed by atoms with E-state index in [4.69, 9.17) is 16.7 Å². The second-order valence-electron chi connectivity index (χ2n) is 3.16. The van der Waals surface area contributed by atoms with E-state index >= 15 is 0 Å². The number of aliphatic hydroxyl groups excluding tert-OH is 1. The van der Waals surface area contributed by atoms with Gasteiger partial charge in [0.15, 0.2) is 0 Å². The Labute approximate surface area is 93.2 Å². The predicted octanol–water partition coefficient (Wildman–Crippen LogP) is 1.84. The lowest BCUT2D eigenvalue weighted by molar-refractivity contribution is 0.190. The van der Waals surface area contributed by atoms with Gasteiger partial charge in [-0.1, -0.05) is 23.7 Å². The van der Waals surface area contributed by atoms with Crippen LogP contribution in [0.25, 0.3) is 0 Å². The summed E-state index contributed by atoms with van der Waals surface area (Å²) < 4.78 is 0. The topological polar surface area (TPSA) is 61.4 Å². The summed E-state index contributed by atoms with van der Waals surface area (Å²) in [7, 11) is 0. The van der Waals surface area contributed by atoms with Crippen LogP contribution in [-0.2, 0) is 0 Å². The number of amides is 2. The molecule has 3 N–H and O–H groups in total. The van der Waals surface area contributed by atoms with Gasteiger partial charge in [0.25, 0.3) is 0 Å². The Morgan fingerprint density at radius 1 is 1.53 bits per heavy atom. The zero-order valence-corrected chi connectivity index (χ0v) is 9.08. The van der Waals surface area contributed by atoms with E-state index in [0.717, 1.165) is 0 Å². The van der Waals surface area contributed by atoms with Gasteiger partial charge in [0.05, 0.1) is 16.8 Å². The summed E-state index contributed by atoms with van der Waals surface area (Å²) >= 11 is 5.84. The Morgan fingerprint density at radius 3 is 2.80 bits per heavy atom. The first-order valence-electron chi connectivity index (χ1n) is 4.57. The fraction of sp³-hybridized carbons (Fsp3) is 0.300. The SMILES string of the molecule is C[C@H](O)CNC(=O)Nc1ccccc1Cl. The number of benzene rings is 1. The molecule has 15 heavy (non-hydrogen) atoms. The number of rotatable bonds is 3. The number of urea groups is 1. The highest BCUT2D eigenvalue weighted by Crippen LogP contribution is 2.19. The van der Waals surface area contributed by atoms with Crippen LogP contribution in [-0.4, -0.2) is 23.8 Å². The number of halogens is 1. The van der Waals surface area contributed by atoms with E-state index in [-0.39, 0.29) is 12.6 Å². The molecule has 0 spiro atoms. The van der Waals surface area contributed by atoms with Crippen molar-refractivity contribution in [3.63, 3.8) is 0 Å². The van der Waals surface area contributed by atoms with Crippen LogP contribution in [0.2, 0.25) is 5.02 Å². The molecule has 0 aromatic heterocycles. The largest absolute Gasteiger partial charge is 0.392 e. The Morgan fingerprint density at radius 2 is 2.20 bits per heavy atom. The monoisotopic (exact) mass is 228 g/mol. The van der Waals surface area contributed by atoms with Crippen LogP contribution >= 0.6 is 11.6 Å². The number of carbonyl (C=O) groups is 1. The molecule has 0 saturated heterocycles. The summed E-state index contributed by atoms with van der Waals surface area (Å²) in [4.78, 5) is 11.3. The quantitative estimate of drug-likeness (QED) is 0.739. The summed E-state index contributed by atoms with van der Waals surface area (Å²) in [5.74, 6) is 0. The molecule has 0 radical (unpaired) electrons. The molecule has 0 fully saturated rings. The molecule has 1 aromatic carbocycles. The molecule has 0 aliphatic carbocycles. The van der Waals surface area contributed by atoms with Crippen LogP contribution < -0.4 is 10.6 Å². The molecular weight excluding hydrogens is 216 g/mol. The van der Waals surface area contributed by atoms with Gasteiger partial charge in [0, 0.05) is 6.54 Å². The van der Waals surface area contributed by atoms with E-state index in [1.807, 2.05) is 0 Å². The highest BCUT2D eigenvalue weighted by molar-refractivity contribution is 6.33.